The third kappa shape index (κ3) is 2.66. The van der Waals surface area contributed by atoms with Gasteiger partial charge in [0.25, 0.3) is 0 Å². The van der Waals surface area contributed by atoms with Gasteiger partial charge in [0, 0.05) is 16.5 Å². The van der Waals surface area contributed by atoms with Crippen LogP contribution in [-0.2, 0) is 6.42 Å². The Morgan fingerprint density at radius 1 is 1.00 bits per heavy atom. The summed E-state index contributed by atoms with van der Waals surface area (Å²) in [7, 11) is 0. The summed E-state index contributed by atoms with van der Waals surface area (Å²) in [6, 6.07) is 12.1. The van der Waals surface area contributed by atoms with Crippen LogP contribution in [-0.4, -0.2) is 11.1 Å². The molecule has 0 amide bonds. The molecule has 0 atom stereocenters. The average molecular weight is 281 g/mol. The van der Waals surface area contributed by atoms with Crippen molar-refractivity contribution in [3.8, 4) is 0 Å². The van der Waals surface area contributed by atoms with Gasteiger partial charge in [-0.05, 0) is 29.3 Å². The van der Waals surface area contributed by atoms with Crippen LogP contribution in [0.2, 0.25) is 10.0 Å². The molecule has 2 nitrogen and oxygen atoms in total. The number of carboxylic acids is 1. The maximum absolute atomic E-state index is 11.1. The van der Waals surface area contributed by atoms with Crippen LogP contribution in [0, 0.1) is 0 Å². The molecule has 0 aliphatic rings. The van der Waals surface area contributed by atoms with E-state index in [2.05, 4.69) is 0 Å². The number of aromatic carboxylic acids is 1. The third-order valence-corrected chi connectivity index (χ3v) is 3.38. The Morgan fingerprint density at radius 3 is 2.22 bits per heavy atom. The van der Waals surface area contributed by atoms with Crippen molar-refractivity contribution in [1.82, 2.24) is 0 Å². The van der Waals surface area contributed by atoms with Crippen LogP contribution in [0.1, 0.15) is 21.5 Å². The Labute approximate surface area is 115 Å². The predicted molar refractivity (Wildman–Crippen MR) is 72.7 cm³/mol. The summed E-state index contributed by atoms with van der Waals surface area (Å²) in [6.45, 7) is 0. The second-order valence-corrected chi connectivity index (χ2v) is 4.65. The Bertz CT molecular complexity index is 574. The number of halogens is 2. The first-order chi connectivity index (χ1) is 8.59. The number of benzene rings is 2. The van der Waals surface area contributed by atoms with E-state index in [0.29, 0.717) is 22.0 Å². The van der Waals surface area contributed by atoms with Crippen LogP contribution >= 0.6 is 23.2 Å². The highest BCUT2D eigenvalue weighted by molar-refractivity contribution is 6.36. The van der Waals surface area contributed by atoms with E-state index >= 15 is 0 Å². The van der Waals surface area contributed by atoms with Gasteiger partial charge in [0.2, 0.25) is 0 Å². The monoisotopic (exact) mass is 280 g/mol. The molecule has 92 valence electrons. The lowest BCUT2D eigenvalue weighted by atomic mass is 10.00. The zero-order valence-electron chi connectivity index (χ0n) is 9.36. The molecule has 0 aromatic heterocycles. The van der Waals surface area contributed by atoms with Crippen molar-refractivity contribution < 1.29 is 9.90 Å². The van der Waals surface area contributed by atoms with Crippen LogP contribution < -0.4 is 0 Å². The minimum Gasteiger partial charge on any atom is -0.478 e. The van der Waals surface area contributed by atoms with Gasteiger partial charge >= 0.3 is 5.97 Å². The molecule has 18 heavy (non-hydrogen) atoms. The fraction of sp³-hybridized carbons (Fsp3) is 0.0714. The first kappa shape index (κ1) is 12.9. The molecule has 1 N–H and O–H groups in total. The van der Waals surface area contributed by atoms with Crippen molar-refractivity contribution in [2.75, 3.05) is 0 Å². The maximum atomic E-state index is 11.1. The maximum Gasteiger partial charge on any atom is 0.335 e. The van der Waals surface area contributed by atoms with E-state index in [1.54, 1.807) is 42.5 Å². The van der Waals surface area contributed by atoms with Gasteiger partial charge in [-0.15, -0.1) is 0 Å². The Hall–Kier alpha value is -1.51. The summed E-state index contributed by atoms with van der Waals surface area (Å²) in [5.41, 5.74) is 1.71. The summed E-state index contributed by atoms with van der Waals surface area (Å²) in [5, 5.41) is 10.2. The van der Waals surface area contributed by atoms with Gasteiger partial charge in [-0.2, -0.15) is 0 Å². The topological polar surface area (TPSA) is 37.3 Å². The molecule has 4 heteroatoms. The zero-order chi connectivity index (χ0) is 13.1. The molecule has 0 fully saturated rings. The highest BCUT2D eigenvalue weighted by Crippen LogP contribution is 2.27. The van der Waals surface area contributed by atoms with Crippen molar-refractivity contribution in [1.29, 1.82) is 0 Å². The molecule has 0 aliphatic carbocycles. The average Bonchev–Trinajstić information content (AvgIpc) is 2.34. The van der Waals surface area contributed by atoms with E-state index in [4.69, 9.17) is 28.3 Å². The normalized spacial score (nSPS) is 10.3. The standard InChI is InChI=1S/C14H10Cl2O2/c15-12-6-3-7-13(16)11(12)8-9-4-1-2-5-10(9)14(17)18/h1-7H,8H2,(H,17,18). The molecule has 0 radical (unpaired) electrons. The van der Waals surface area contributed by atoms with E-state index in [0.717, 1.165) is 5.56 Å². The molecule has 2 rings (SSSR count). The number of carbonyl (C=O) groups is 1. The molecule has 0 saturated heterocycles. The summed E-state index contributed by atoms with van der Waals surface area (Å²) in [5.74, 6) is -0.950. The van der Waals surface area contributed by atoms with Gasteiger partial charge in [0.1, 0.15) is 0 Å². The lowest BCUT2D eigenvalue weighted by Crippen LogP contribution is -2.03. The predicted octanol–water partition coefficient (Wildman–Crippen LogP) is 4.28. The highest BCUT2D eigenvalue weighted by atomic mass is 35.5. The molecule has 0 spiro atoms. The first-order valence-corrected chi connectivity index (χ1v) is 6.09. The molecule has 0 bridgehead atoms. The molecule has 2 aromatic rings. The van der Waals surface area contributed by atoms with E-state index in [1.165, 1.54) is 0 Å². The quantitative estimate of drug-likeness (QED) is 0.911. The van der Waals surface area contributed by atoms with Crippen molar-refractivity contribution in [2.45, 2.75) is 6.42 Å². The SMILES string of the molecule is O=C(O)c1ccccc1Cc1c(Cl)cccc1Cl. The third-order valence-electron chi connectivity index (χ3n) is 2.68. The molecule has 0 heterocycles. The van der Waals surface area contributed by atoms with E-state index < -0.39 is 5.97 Å². The summed E-state index contributed by atoms with van der Waals surface area (Å²) in [6.07, 6.45) is 0.404. The van der Waals surface area contributed by atoms with Gasteiger partial charge < -0.3 is 5.11 Å². The van der Waals surface area contributed by atoms with Crippen molar-refractivity contribution in [2.24, 2.45) is 0 Å². The summed E-state index contributed by atoms with van der Waals surface area (Å²) in [4.78, 5) is 11.1. The molecule has 0 unspecified atom stereocenters. The van der Waals surface area contributed by atoms with Crippen LogP contribution in [0.3, 0.4) is 0 Å². The van der Waals surface area contributed by atoms with Gasteiger partial charge in [0.15, 0.2) is 0 Å². The van der Waals surface area contributed by atoms with Gasteiger partial charge in [0.05, 0.1) is 5.56 Å². The molecular weight excluding hydrogens is 271 g/mol. The fourth-order valence-corrected chi connectivity index (χ4v) is 2.31. The highest BCUT2D eigenvalue weighted by Gasteiger charge is 2.12. The van der Waals surface area contributed by atoms with Gasteiger partial charge in [-0.1, -0.05) is 47.5 Å². The number of hydrogen-bond acceptors (Lipinski definition) is 1. The van der Waals surface area contributed by atoms with Crippen LogP contribution in [0.4, 0.5) is 0 Å². The number of carboxylic acid groups (broad SMARTS) is 1. The first-order valence-electron chi connectivity index (χ1n) is 5.33. The van der Waals surface area contributed by atoms with Crippen LogP contribution in [0.5, 0.6) is 0 Å². The summed E-state index contributed by atoms with van der Waals surface area (Å²) >= 11 is 12.2. The number of hydrogen-bond donors (Lipinski definition) is 1. The lowest BCUT2D eigenvalue weighted by molar-refractivity contribution is 0.0696. The summed E-state index contributed by atoms with van der Waals surface area (Å²) < 4.78 is 0. The van der Waals surface area contributed by atoms with Crippen molar-refractivity contribution in [3.63, 3.8) is 0 Å². The van der Waals surface area contributed by atoms with Crippen molar-refractivity contribution in [3.05, 3.63) is 69.2 Å². The fourth-order valence-electron chi connectivity index (χ4n) is 1.77. The minimum absolute atomic E-state index is 0.272. The molecular formula is C14H10Cl2O2. The molecule has 0 saturated carbocycles. The zero-order valence-corrected chi connectivity index (χ0v) is 10.9. The smallest absolute Gasteiger partial charge is 0.335 e. The number of rotatable bonds is 3. The van der Waals surface area contributed by atoms with E-state index in [1.807, 2.05) is 0 Å². The van der Waals surface area contributed by atoms with E-state index in [-0.39, 0.29) is 5.56 Å². The minimum atomic E-state index is -0.950. The second kappa shape index (κ2) is 5.42. The Balaban J connectivity index is 2.43. The van der Waals surface area contributed by atoms with Crippen molar-refractivity contribution >= 4 is 29.2 Å². The largest absolute Gasteiger partial charge is 0.478 e. The van der Waals surface area contributed by atoms with E-state index in [9.17, 15) is 4.79 Å². The van der Waals surface area contributed by atoms with Crippen LogP contribution in [0.25, 0.3) is 0 Å². The Kier molecular flexibility index (Phi) is 3.90. The second-order valence-electron chi connectivity index (χ2n) is 3.84. The van der Waals surface area contributed by atoms with Gasteiger partial charge in [-0.3, -0.25) is 0 Å². The molecule has 2 aromatic carbocycles. The Morgan fingerprint density at radius 2 is 1.61 bits per heavy atom. The van der Waals surface area contributed by atoms with Gasteiger partial charge in [-0.25, -0.2) is 4.79 Å². The molecule has 0 aliphatic heterocycles. The lowest BCUT2D eigenvalue weighted by Gasteiger charge is -2.09. The van der Waals surface area contributed by atoms with Crippen LogP contribution in [0.15, 0.2) is 42.5 Å².